The highest BCUT2D eigenvalue weighted by atomic mass is 79.9. The van der Waals surface area contributed by atoms with E-state index in [0.29, 0.717) is 10.0 Å². The molecule has 0 saturated heterocycles. The van der Waals surface area contributed by atoms with Crippen molar-refractivity contribution in [1.29, 1.82) is 5.41 Å². The van der Waals surface area contributed by atoms with Gasteiger partial charge in [-0.1, -0.05) is 18.2 Å². The predicted octanol–water partition coefficient (Wildman–Crippen LogP) is 2.59. The number of benzene rings is 2. The highest BCUT2D eigenvalue weighted by Crippen LogP contribution is 2.32. The van der Waals surface area contributed by atoms with Crippen molar-refractivity contribution >= 4 is 32.5 Å². The van der Waals surface area contributed by atoms with Crippen molar-refractivity contribution in [2.24, 2.45) is 5.73 Å². The first-order valence-corrected chi connectivity index (χ1v) is 5.14. The lowest BCUT2D eigenvalue weighted by atomic mass is 10.1. The molecular formula is C11H9BrN2O. The van der Waals surface area contributed by atoms with Crippen molar-refractivity contribution in [2.45, 2.75) is 0 Å². The fourth-order valence-electron chi connectivity index (χ4n) is 1.45. The number of rotatable bonds is 1. The summed E-state index contributed by atoms with van der Waals surface area (Å²) < 4.78 is 0.662. The van der Waals surface area contributed by atoms with E-state index >= 15 is 0 Å². The molecule has 0 spiro atoms. The van der Waals surface area contributed by atoms with E-state index in [0.717, 1.165) is 10.8 Å². The molecule has 0 aliphatic rings. The van der Waals surface area contributed by atoms with Gasteiger partial charge in [-0.15, -0.1) is 0 Å². The van der Waals surface area contributed by atoms with Gasteiger partial charge in [0.15, 0.2) is 0 Å². The summed E-state index contributed by atoms with van der Waals surface area (Å²) in [5.74, 6) is 0.249. The van der Waals surface area contributed by atoms with Gasteiger partial charge >= 0.3 is 0 Å². The van der Waals surface area contributed by atoms with Crippen LogP contribution in [0.15, 0.2) is 34.8 Å². The first-order valence-electron chi connectivity index (χ1n) is 4.35. The molecule has 0 unspecified atom stereocenters. The minimum absolute atomic E-state index is 0.0427. The van der Waals surface area contributed by atoms with Gasteiger partial charge in [-0.25, -0.2) is 0 Å². The lowest BCUT2D eigenvalue weighted by Crippen LogP contribution is -2.10. The molecular weight excluding hydrogens is 256 g/mol. The molecule has 0 bridgehead atoms. The topological polar surface area (TPSA) is 70.1 Å². The van der Waals surface area contributed by atoms with Crippen molar-refractivity contribution < 1.29 is 5.11 Å². The molecule has 0 fully saturated rings. The molecule has 0 aliphatic carbocycles. The quantitative estimate of drug-likeness (QED) is 0.548. The Morgan fingerprint density at radius 2 is 2.00 bits per heavy atom. The molecule has 2 aromatic carbocycles. The molecule has 4 heteroatoms. The van der Waals surface area contributed by atoms with Gasteiger partial charge in [0.25, 0.3) is 0 Å². The van der Waals surface area contributed by atoms with Crippen LogP contribution in [0.25, 0.3) is 10.8 Å². The fraction of sp³-hybridized carbons (Fsp3) is 0. The number of nitrogens with one attached hydrogen (secondary N) is 1. The molecule has 2 aromatic rings. The summed E-state index contributed by atoms with van der Waals surface area (Å²) in [4.78, 5) is 0. The molecule has 4 N–H and O–H groups in total. The van der Waals surface area contributed by atoms with E-state index in [1.54, 1.807) is 18.2 Å². The molecule has 0 radical (unpaired) electrons. The smallest absolute Gasteiger partial charge is 0.130 e. The normalized spacial score (nSPS) is 10.5. The second-order valence-electron chi connectivity index (χ2n) is 3.25. The third kappa shape index (κ3) is 1.68. The Hall–Kier alpha value is -1.55. The van der Waals surface area contributed by atoms with Crippen LogP contribution in [0.3, 0.4) is 0 Å². The third-order valence-electron chi connectivity index (χ3n) is 2.24. The second-order valence-corrected chi connectivity index (χ2v) is 4.04. The van der Waals surface area contributed by atoms with E-state index in [4.69, 9.17) is 11.1 Å². The number of phenolic OH excluding ortho intramolecular Hbond substituents is 1. The van der Waals surface area contributed by atoms with E-state index < -0.39 is 0 Å². The number of hydrogen-bond acceptors (Lipinski definition) is 2. The van der Waals surface area contributed by atoms with Crippen LogP contribution in [-0.4, -0.2) is 10.9 Å². The maximum Gasteiger partial charge on any atom is 0.130 e. The molecule has 0 atom stereocenters. The Balaban J connectivity index is 2.75. The highest BCUT2D eigenvalue weighted by Gasteiger charge is 2.05. The fourth-order valence-corrected chi connectivity index (χ4v) is 1.94. The Morgan fingerprint density at radius 3 is 2.67 bits per heavy atom. The van der Waals surface area contributed by atoms with Gasteiger partial charge in [-0.3, -0.25) is 5.41 Å². The number of amidine groups is 1. The van der Waals surface area contributed by atoms with E-state index in [-0.39, 0.29) is 11.6 Å². The molecule has 0 aliphatic heterocycles. The van der Waals surface area contributed by atoms with Gasteiger partial charge in [-0.2, -0.15) is 0 Å². The van der Waals surface area contributed by atoms with Gasteiger partial charge in [0.05, 0.1) is 4.47 Å². The monoisotopic (exact) mass is 264 g/mol. The number of aromatic hydroxyl groups is 1. The number of nitrogens with two attached hydrogens (primary N) is 1. The standard InChI is InChI=1S/C11H9BrN2O/c12-10-8-3-1-7(11(13)14)5-6(8)2-4-9(10)15/h1-5,15H,(H3,13,14). The predicted molar refractivity (Wildman–Crippen MR) is 64.3 cm³/mol. The van der Waals surface area contributed by atoms with Gasteiger partial charge in [0.1, 0.15) is 11.6 Å². The number of nitrogen functional groups attached to an aromatic ring is 1. The number of hydrogen-bond donors (Lipinski definition) is 3. The second kappa shape index (κ2) is 3.55. The van der Waals surface area contributed by atoms with Crippen LogP contribution in [0.1, 0.15) is 5.56 Å². The van der Waals surface area contributed by atoms with Gasteiger partial charge in [0.2, 0.25) is 0 Å². The largest absolute Gasteiger partial charge is 0.507 e. The minimum atomic E-state index is 0.0427. The van der Waals surface area contributed by atoms with Crippen LogP contribution in [0, 0.1) is 5.41 Å². The molecule has 0 amide bonds. The van der Waals surface area contributed by atoms with Crippen molar-refractivity contribution in [2.75, 3.05) is 0 Å². The molecule has 15 heavy (non-hydrogen) atoms. The van der Waals surface area contributed by atoms with Crippen LogP contribution in [0.2, 0.25) is 0 Å². The van der Waals surface area contributed by atoms with E-state index in [1.807, 2.05) is 12.1 Å². The zero-order valence-corrected chi connectivity index (χ0v) is 9.38. The van der Waals surface area contributed by atoms with Crippen molar-refractivity contribution in [3.63, 3.8) is 0 Å². The minimum Gasteiger partial charge on any atom is -0.507 e. The summed E-state index contributed by atoms with van der Waals surface area (Å²) in [5, 5.41) is 18.6. The van der Waals surface area contributed by atoms with Crippen molar-refractivity contribution in [3.05, 3.63) is 40.4 Å². The molecule has 76 valence electrons. The maximum absolute atomic E-state index is 9.48. The number of halogens is 1. The summed E-state index contributed by atoms with van der Waals surface area (Å²) in [7, 11) is 0. The van der Waals surface area contributed by atoms with Crippen LogP contribution in [-0.2, 0) is 0 Å². The summed E-state index contributed by atoms with van der Waals surface area (Å²) >= 11 is 3.31. The molecule has 0 heterocycles. The highest BCUT2D eigenvalue weighted by molar-refractivity contribution is 9.10. The van der Waals surface area contributed by atoms with Gasteiger partial charge < -0.3 is 10.8 Å². The molecule has 0 saturated carbocycles. The summed E-state index contributed by atoms with van der Waals surface area (Å²) in [6.45, 7) is 0. The first kappa shape index (κ1) is 9.98. The van der Waals surface area contributed by atoms with E-state index in [2.05, 4.69) is 15.9 Å². The SMILES string of the molecule is N=C(N)c1ccc2c(Br)c(O)ccc2c1. The van der Waals surface area contributed by atoms with Crippen LogP contribution in [0.5, 0.6) is 5.75 Å². The van der Waals surface area contributed by atoms with Crippen LogP contribution in [0.4, 0.5) is 0 Å². The number of fused-ring (bicyclic) bond motifs is 1. The lowest BCUT2D eigenvalue weighted by Gasteiger charge is -2.05. The molecule has 0 aromatic heterocycles. The first-order chi connectivity index (χ1) is 7.09. The Morgan fingerprint density at radius 1 is 1.27 bits per heavy atom. The van der Waals surface area contributed by atoms with Gasteiger partial charge in [-0.05, 0) is 38.8 Å². The van der Waals surface area contributed by atoms with E-state index in [9.17, 15) is 5.11 Å². The summed E-state index contributed by atoms with van der Waals surface area (Å²) in [6.07, 6.45) is 0. The lowest BCUT2D eigenvalue weighted by molar-refractivity contribution is 0.473. The van der Waals surface area contributed by atoms with Crippen LogP contribution < -0.4 is 5.73 Å². The Labute approximate surface area is 95.2 Å². The maximum atomic E-state index is 9.48. The van der Waals surface area contributed by atoms with Crippen molar-refractivity contribution in [1.82, 2.24) is 0 Å². The molecule has 2 rings (SSSR count). The average Bonchev–Trinajstić information content (AvgIpc) is 2.23. The summed E-state index contributed by atoms with van der Waals surface area (Å²) in [6, 6.07) is 8.81. The Kier molecular flexibility index (Phi) is 2.36. The Bertz CT molecular complexity index is 552. The summed E-state index contributed by atoms with van der Waals surface area (Å²) in [5.41, 5.74) is 6.08. The van der Waals surface area contributed by atoms with Crippen LogP contribution >= 0.6 is 15.9 Å². The third-order valence-corrected chi connectivity index (χ3v) is 3.08. The zero-order chi connectivity index (χ0) is 11.0. The number of phenols is 1. The average molecular weight is 265 g/mol. The zero-order valence-electron chi connectivity index (χ0n) is 7.79. The van der Waals surface area contributed by atoms with Gasteiger partial charge in [0, 0.05) is 5.56 Å². The molecule has 3 nitrogen and oxygen atoms in total. The van der Waals surface area contributed by atoms with Crippen molar-refractivity contribution in [3.8, 4) is 5.75 Å². The van der Waals surface area contributed by atoms with E-state index in [1.165, 1.54) is 0 Å².